The number of nitrogens with zero attached hydrogens (tertiary/aromatic N) is 1. The Morgan fingerprint density at radius 3 is 2.32 bits per heavy atom. The lowest BCUT2D eigenvalue weighted by atomic mass is 10.2. The van der Waals surface area contributed by atoms with Gasteiger partial charge in [-0.3, -0.25) is 9.59 Å². The number of hydrogen-bond donors (Lipinski definition) is 1. The van der Waals surface area contributed by atoms with Crippen LogP contribution in [0.1, 0.15) is 46.5 Å². The summed E-state index contributed by atoms with van der Waals surface area (Å²) in [5.74, 6) is -1.22. The predicted octanol–water partition coefficient (Wildman–Crippen LogP) is 3.76. The van der Waals surface area contributed by atoms with Crippen LogP contribution in [0.25, 0.3) is 0 Å². The molecule has 0 rings (SSSR count). The van der Waals surface area contributed by atoms with Gasteiger partial charge in [0.2, 0.25) is 0 Å². The Balaban J connectivity index is 4.26. The maximum Gasteiger partial charge on any atom is 0.305 e. The molecule has 0 fully saturated rings. The molecule has 0 atom stereocenters. The molecule has 0 amide bonds. The van der Waals surface area contributed by atoms with Gasteiger partial charge < -0.3 is 14.7 Å². The summed E-state index contributed by atoms with van der Waals surface area (Å²) in [6.07, 6.45) is 1.16. The van der Waals surface area contributed by atoms with Gasteiger partial charge in [-0.05, 0) is 13.3 Å². The molecule has 0 aromatic carbocycles. The molecule has 0 aromatic rings. The first-order chi connectivity index (χ1) is 10.2. The summed E-state index contributed by atoms with van der Waals surface area (Å²) in [5.41, 5.74) is 1.17. The Hall–Kier alpha value is -0.820. The molecule has 0 aromatic heterocycles. The van der Waals surface area contributed by atoms with Gasteiger partial charge in [0.05, 0.1) is 6.61 Å². The smallest absolute Gasteiger partial charge is 0.305 e. The average Bonchev–Trinajstić information content (AvgIpc) is 2.40. The predicted molar refractivity (Wildman–Crippen MR) is 93.8 cm³/mol. The molecule has 0 aliphatic carbocycles. The van der Waals surface area contributed by atoms with E-state index in [0.29, 0.717) is 24.7 Å². The molecule has 0 bridgehead atoms. The normalized spacial score (nSPS) is 12.1. The molecular formula is C15H27NO4S2. The minimum Gasteiger partial charge on any atom is -0.481 e. The van der Waals surface area contributed by atoms with Gasteiger partial charge in [0.1, 0.15) is 0 Å². The van der Waals surface area contributed by atoms with E-state index in [1.54, 1.807) is 21.6 Å². The highest BCUT2D eigenvalue weighted by atomic mass is 33.1. The molecule has 22 heavy (non-hydrogen) atoms. The van der Waals surface area contributed by atoms with Crippen molar-refractivity contribution in [2.24, 2.45) is 0 Å². The molecule has 1 N–H and O–H groups in total. The monoisotopic (exact) mass is 349 g/mol. The number of hydrogen-bond acceptors (Lipinski definition) is 6. The van der Waals surface area contributed by atoms with Crippen molar-refractivity contribution >= 4 is 33.5 Å². The number of carboxylic acid groups (broad SMARTS) is 1. The highest BCUT2D eigenvalue weighted by molar-refractivity contribution is 8.78. The van der Waals surface area contributed by atoms with E-state index in [4.69, 9.17) is 9.84 Å². The van der Waals surface area contributed by atoms with Crippen molar-refractivity contribution in [2.45, 2.75) is 51.7 Å². The molecule has 5 nitrogen and oxygen atoms in total. The molecular weight excluding hydrogens is 322 g/mol. The third kappa shape index (κ3) is 10.8. The lowest BCUT2D eigenvalue weighted by Gasteiger charge is -2.19. The quantitative estimate of drug-likeness (QED) is 0.450. The lowest BCUT2D eigenvalue weighted by Crippen LogP contribution is -2.12. The number of carboxylic acids is 1. The molecule has 128 valence electrons. The Morgan fingerprint density at radius 1 is 1.18 bits per heavy atom. The van der Waals surface area contributed by atoms with E-state index in [0.717, 1.165) is 0 Å². The third-order valence-electron chi connectivity index (χ3n) is 2.78. The Kier molecular flexibility index (Phi) is 11.3. The molecule has 0 aliphatic heterocycles. The van der Waals surface area contributed by atoms with Crippen molar-refractivity contribution in [1.29, 1.82) is 0 Å². The summed E-state index contributed by atoms with van der Waals surface area (Å²) >= 11 is 0. The maximum atomic E-state index is 11.5. The second-order valence-electron chi connectivity index (χ2n) is 5.35. The third-order valence-corrected chi connectivity index (χ3v) is 6.01. The van der Waals surface area contributed by atoms with Crippen LogP contribution >= 0.6 is 21.6 Å². The number of ether oxygens (including phenoxy) is 1. The minimum absolute atomic E-state index is 0.000864. The van der Waals surface area contributed by atoms with E-state index >= 15 is 0 Å². The first-order valence-corrected chi connectivity index (χ1v) is 9.53. The van der Waals surface area contributed by atoms with Crippen molar-refractivity contribution in [2.75, 3.05) is 20.7 Å². The van der Waals surface area contributed by atoms with Gasteiger partial charge in [0.25, 0.3) is 0 Å². The van der Waals surface area contributed by atoms with Crippen LogP contribution in [0.2, 0.25) is 0 Å². The maximum absolute atomic E-state index is 11.5. The summed E-state index contributed by atoms with van der Waals surface area (Å²) in [7, 11) is 7.50. The molecule has 0 radical (unpaired) electrons. The number of esters is 1. The summed E-state index contributed by atoms with van der Waals surface area (Å²) in [5, 5.41) is 9.05. The van der Waals surface area contributed by atoms with Gasteiger partial charge >= 0.3 is 11.9 Å². The van der Waals surface area contributed by atoms with Crippen LogP contribution in [-0.4, -0.2) is 47.9 Å². The molecule has 0 spiro atoms. The van der Waals surface area contributed by atoms with Crippen LogP contribution in [0.5, 0.6) is 0 Å². The van der Waals surface area contributed by atoms with Crippen LogP contribution in [-0.2, 0) is 14.3 Å². The van der Waals surface area contributed by atoms with E-state index in [9.17, 15) is 9.59 Å². The van der Waals surface area contributed by atoms with Gasteiger partial charge in [-0.15, -0.1) is 0 Å². The lowest BCUT2D eigenvalue weighted by molar-refractivity contribution is -0.143. The summed E-state index contributed by atoms with van der Waals surface area (Å²) in [6.45, 7) is 6.67. The number of aliphatic carboxylic acids is 1. The first kappa shape index (κ1) is 21.2. The van der Waals surface area contributed by atoms with Crippen molar-refractivity contribution in [1.82, 2.24) is 4.90 Å². The zero-order valence-corrected chi connectivity index (χ0v) is 15.7. The Bertz CT molecular complexity index is 395. The van der Waals surface area contributed by atoms with Gasteiger partial charge in [-0.25, -0.2) is 0 Å². The average molecular weight is 350 g/mol. The van der Waals surface area contributed by atoms with Gasteiger partial charge in [-0.1, -0.05) is 35.4 Å². The van der Waals surface area contributed by atoms with Crippen LogP contribution in [0.3, 0.4) is 0 Å². The summed E-state index contributed by atoms with van der Waals surface area (Å²) in [6, 6.07) is 0. The Morgan fingerprint density at radius 2 is 1.82 bits per heavy atom. The standard InChI is InChI=1S/C15H27NO4S2/c1-11(2)21-22-13(12(3)16(4)5)9-10-20-15(19)8-6-7-14(17)18/h11H,6-10H2,1-5H3,(H,17,18)/b13-12-. The molecule has 0 saturated carbocycles. The fraction of sp³-hybridized carbons (Fsp3) is 0.733. The zero-order chi connectivity index (χ0) is 17.1. The van der Waals surface area contributed by atoms with E-state index < -0.39 is 5.97 Å². The molecule has 0 heterocycles. The van der Waals surface area contributed by atoms with Gasteiger partial charge in [0.15, 0.2) is 0 Å². The fourth-order valence-corrected chi connectivity index (χ4v) is 3.72. The van der Waals surface area contributed by atoms with Gasteiger partial charge in [0, 0.05) is 49.2 Å². The number of allylic oxidation sites excluding steroid dienone is 1. The number of rotatable bonds is 11. The van der Waals surface area contributed by atoms with Crippen LogP contribution in [0, 0.1) is 0 Å². The second-order valence-corrected chi connectivity index (χ2v) is 8.22. The largest absolute Gasteiger partial charge is 0.481 e. The number of carbonyl (C=O) groups excluding carboxylic acids is 1. The summed E-state index contributed by atoms with van der Waals surface area (Å²) in [4.78, 5) is 25.2. The van der Waals surface area contributed by atoms with Gasteiger partial charge in [-0.2, -0.15) is 0 Å². The fourth-order valence-electron chi connectivity index (χ4n) is 1.40. The first-order valence-electron chi connectivity index (χ1n) is 7.31. The molecule has 7 heteroatoms. The zero-order valence-electron chi connectivity index (χ0n) is 14.0. The highest BCUT2D eigenvalue weighted by Gasteiger charge is 2.10. The van der Waals surface area contributed by atoms with Crippen molar-refractivity contribution in [3.8, 4) is 0 Å². The molecule has 0 saturated heterocycles. The molecule has 0 aliphatic rings. The van der Waals surface area contributed by atoms with Crippen molar-refractivity contribution in [3.05, 3.63) is 10.6 Å². The second kappa shape index (κ2) is 11.7. The van der Waals surface area contributed by atoms with Crippen LogP contribution in [0.4, 0.5) is 0 Å². The van der Waals surface area contributed by atoms with E-state index in [-0.39, 0.29) is 18.8 Å². The van der Waals surface area contributed by atoms with Crippen molar-refractivity contribution < 1.29 is 19.4 Å². The van der Waals surface area contributed by atoms with Crippen LogP contribution < -0.4 is 0 Å². The van der Waals surface area contributed by atoms with E-state index in [1.807, 2.05) is 14.1 Å². The minimum atomic E-state index is -0.887. The van der Waals surface area contributed by atoms with Crippen LogP contribution in [0.15, 0.2) is 10.6 Å². The van der Waals surface area contributed by atoms with Crippen molar-refractivity contribution in [3.63, 3.8) is 0 Å². The highest BCUT2D eigenvalue weighted by Crippen LogP contribution is 2.37. The summed E-state index contributed by atoms with van der Waals surface area (Å²) < 4.78 is 5.18. The SMILES string of the molecule is C/C(=C(\CCOC(=O)CCCC(=O)O)SSC(C)C)N(C)C. The van der Waals surface area contributed by atoms with E-state index in [1.165, 1.54) is 10.6 Å². The Labute approximate surface area is 141 Å². The molecule has 0 unspecified atom stereocenters. The van der Waals surface area contributed by atoms with E-state index in [2.05, 4.69) is 25.7 Å². The topological polar surface area (TPSA) is 66.8 Å². The number of carbonyl (C=O) groups is 2.